The van der Waals surface area contributed by atoms with E-state index in [0.29, 0.717) is 12.3 Å². The number of rotatable bonds is 6. The van der Waals surface area contributed by atoms with Crippen molar-refractivity contribution >= 4 is 16.9 Å². The zero-order valence-electron chi connectivity index (χ0n) is 16.0. The van der Waals surface area contributed by atoms with E-state index >= 15 is 0 Å². The average Bonchev–Trinajstić information content (AvgIpc) is 3.17. The van der Waals surface area contributed by atoms with Gasteiger partial charge in [-0.05, 0) is 37.8 Å². The van der Waals surface area contributed by atoms with Crippen LogP contribution in [0.5, 0.6) is 0 Å². The van der Waals surface area contributed by atoms with Gasteiger partial charge in [0.2, 0.25) is 0 Å². The first-order valence-electron chi connectivity index (χ1n) is 10.3. The molecule has 3 heterocycles. The molecule has 2 saturated heterocycles. The van der Waals surface area contributed by atoms with Crippen LogP contribution in [0, 0.1) is 0 Å². The van der Waals surface area contributed by atoms with Crippen LogP contribution in [0.25, 0.3) is 10.9 Å². The number of esters is 1. The first-order valence-corrected chi connectivity index (χ1v) is 10.3. The second kappa shape index (κ2) is 8.87. The second-order valence-corrected chi connectivity index (χ2v) is 7.53. The molecule has 0 saturated carbocycles. The van der Waals surface area contributed by atoms with Gasteiger partial charge < -0.3 is 9.72 Å². The van der Waals surface area contributed by atoms with Crippen molar-refractivity contribution in [2.45, 2.75) is 38.5 Å². The van der Waals surface area contributed by atoms with Gasteiger partial charge >= 0.3 is 5.97 Å². The van der Waals surface area contributed by atoms with Crippen molar-refractivity contribution in [2.75, 3.05) is 39.3 Å². The van der Waals surface area contributed by atoms with Crippen LogP contribution in [0.15, 0.2) is 30.3 Å². The quantitative estimate of drug-likeness (QED) is 0.790. The maximum Gasteiger partial charge on any atom is 0.354 e. The Kier molecular flexibility index (Phi) is 6.07. The number of aromatic nitrogens is 1. The lowest BCUT2D eigenvalue weighted by atomic mass is 10.1. The number of ether oxygens (including phenoxy) is 1. The van der Waals surface area contributed by atoms with Gasteiger partial charge in [0, 0.05) is 37.1 Å². The highest BCUT2D eigenvalue weighted by Crippen LogP contribution is 2.18. The Hall–Kier alpha value is -1.89. The molecule has 0 bridgehead atoms. The fourth-order valence-electron chi connectivity index (χ4n) is 4.16. The van der Waals surface area contributed by atoms with Gasteiger partial charge in [-0.2, -0.15) is 5.12 Å². The molecule has 2 aliphatic rings. The lowest BCUT2D eigenvalue weighted by Crippen LogP contribution is -2.57. The van der Waals surface area contributed by atoms with E-state index in [-0.39, 0.29) is 5.97 Å². The van der Waals surface area contributed by atoms with Crippen LogP contribution in [0.4, 0.5) is 0 Å². The predicted molar refractivity (Wildman–Crippen MR) is 106 cm³/mol. The van der Waals surface area contributed by atoms with E-state index in [9.17, 15) is 4.79 Å². The molecule has 2 fully saturated rings. The maximum absolute atomic E-state index is 12.4. The number of nitrogens with one attached hydrogen (secondary N) is 1. The van der Waals surface area contributed by atoms with Crippen molar-refractivity contribution in [2.24, 2.45) is 0 Å². The highest BCUT2D eigenvalue weighted by atomic mass is 16.5. The predicted octanol–water partition coefficient (Wildman–Crippen LogP) is 3.43. The summed E-state index contributed by atoms with van der Waals surface area (Å²) in [6.45, 7) is 5.55. The molecule has 1 N–H and O–H groups in total. The van der Waals surface area contributed by atoms with E-state index in [1.165, 1.54) is 38.5 Å². The molecule has 4 rings (SSSR count). The highest BCUT2D eigenvalue weighted by molar-refractivity contribution is 5.94. The molecule has 27 heavy (non-hydrogen) atoms. The van der Waals surface area contributed by atoms with E-state index in [1.54, 1.807) is 0 Å². The van der Waals surface area contributed by atoms with E-state index in [1.807, 2.05) is 30.3 Å². The standard InChI is InChI=1S/C21H30N4O2/c26-21(20-17-18-9-3-4-10-19(18)22-20)27-16-15-25(23-11-5-1-6-12-23)24-13-7-2-8-14-24/h3-4,9-10,17,22H,1-2,5-8,11-16H2. The van der Waals surface area contributed by atoms with Crippen LogP contribution in [0.3, 0.4) is 0 Å². The molecule has 0 unspecified atom stereocenters. The highest BCUT2D eigenvalue weighted by Gasteiger charge is 2.25. The fourth-order valence-corrected chi connectivity index (χ4v) is 4.16. The molecule has 0 aliphatic carbocycles. The van der Waals surface area contributed by atoms with Gasteiger partial charge in [-0.1, -0.05) is 31.0 Å². The number of aromatic amines is 1. The molecular formula is C21H30N4O2. The van der Waals surface area contributed by atoms with Crippen molar-refractivity contribution in [3.8, 4) is 0 Å². The number of hydrogen-bond acceptors (Lipinski definition) is 5. The molecule has 0 radical (unpaired) electrons. The minimum absolute atomic E-state index is 0.275. The molecule has 0 amide bonds. The Morgan fingerprint density at radius 3 is 2.22 bits per heavy atom. The molecule has 1 aromatic carbocycles. The van der Waals surface area contributed by atoms with Gasteiger partial charge in [0.25, 0.3) is 0 Å². The zero-order valence-corrected chi connectivity index (χ0v) is 16.0. The smallest absolute Gasteiger partial charge is 0.354 e. The molecule has 2 aromatic rings. The summed E-state index contributed by atoms with van der Waals surface area (Å²) in [4.78, 5) is 15.6. The van der Waals surface area contributed by atoms with Crippen LogP contribution >= 0.6 is 0 Å². The summed E-state index contributed by atoms with van der Waals surface area (Å²) in [5, 5.41) is 8.29. The van der Waals surface area contributed by atoms with Gasteiger partial charge in [0.05, 0.1) is 6.54 Å². The van der Waals surface area contributed by atoms with Crippen LogP contribution in [0.2, 0.25) is 0 Å². The maximum atomic E-state index is 12.4. The number of hydrogen-bond donors (Lipinski definition) is 1. The normalized spacial score (nSPS) is 19.6. The van der Waals surface area contributed by atoms with E-state index in [2.05, 4.69) is 20.1 Å². The molecule has 1 aromatic heterocycles. The van der Waals surface area contributed by atoms with E-state index in [4.69, 9.17) is 4.74 Å². The molecular weight excluding hydrogens is 340 g/mol. The zero-order chi connectivity index (χ0) is 18.5. The lowest BCUT2D eigenvalue weighted by Gasteiger charge is -2.45. The Balaban J connectivity index is 1.35. The number of benzene rings is 1. The number of piperidine rings is 2. The van der Waals surface area contributed by atoms with Gasteiger partial charge in [0.15, 0.2) is 0 Å². The third-order valence-corrected chi connectivity index (χ3v) is 5.59. The van der Waals surface area contributed by atoms with Crippen LogP contribution in [0.1, 0.15) is 49.0 Å². The Morgan fingerprint density at radius 2 is 1.59 bits per heavy atom. The number of hydrazine groups is 2. The summed E-state index contributed by atoms with van der Waals surface area (Å²) in [6.07, 6.45) is 7.64. The van der Waals surface area contributed by atoms with Crippen molar-refractivity contribution in [3.63, 3.8) is 0 Å². The van der Waals surface area contributed by atoms with Crippen LogP contribution < -0.4 is 0 Å². The molecule has 146 valence electrons. The SMILES string of the molecule is O=C(OCCN(N1CCCCC1)N1CCCCC1)c1cc2ccccc2[nH]1. The summed E-state index contributed by atoms with van der Waals surface area (Å²) in [7, 11) is 0. The first kappa shape index (κ1) is 18.5. The molecule has 2 aliphatic heterocycles. The summed E-state index contributed by atoms with van der Waals surface area (Å²) in [5.41, 5.74) is 1.49. The van der Waals surface area contributed by atoms with Gasteiger partial charge in [0.1, 0.15) is 12.3 Å². The topological polar surface area (TPSA) is 51.8 Å². The first-order chi connectivity index (χ1) is 13.3. The molecule has 6 heteroatoms. The Labute approximate surface area is 161 Å². The number of H-pyrrole nitrogens is 1. The number of fused-ring (bicyclic) bond motifs is 1. The number of carbonyl (C=O) groups excluding carboxylic acids is 1. The van der Waals surface area contributed by atoms with E-state index < -0.39 is 0 Å². The lowest BCUT2D eigenvalue weighted by molar-refractivity contribution is -0.201. The number of nitrogens with zero attached hydrogens (tertiary/aromatic N) is 3. The Morgan fingerprint density at radius 1 is 0.963 bits per heavy atom. The van der Waals surface area contributed by atoms with Crippen molar-refractivity contribution in [1.29, 1.82) is 0 Å². The Bertz CT molecular complexity index is 696. The van der Waals surface area contributed by atoms with Gasteiger partial charge in [-0.15, -0.1) is 0 Å². The second-order valence-electron chi connectivity index (χ2n) is 7.53. The van der Waals surface area contributed by atoms with E-state index in [0.717, 1.165) is 43.6 Å². The van der Waals surface area contributed by atoms with Crippen molar-refractivity contribution < 1.29 is 9.53 Å². The molecule has 6 nitrogen and oxygen atoms in total. The monoisotopic (exact) mass is 370 g/mol. The fraction of sp³-hybridized carbons (Fsp3) is 0.571. The summed E-state index contributed by atoms with van der Waals surface area (Å²) in [6, 6.07) is 9.77. The number of carbonyl (C=O) groups is 1. The van der Waals surface area contributed by atoms with Crippen LogP contribution in [-0.4, -0.2) is 65.4 Å². The van der Waals surface area contributed by atoms with Crippen molar-refractivity contribution in [1.82, 2.24) is 20.1 Å². The molecule has 0 atom stereocenters. The third-order valence-electron chi connectivity index (χ3n) is 5.59. The minimum Gasteiger partial charge on any atom is -0.460 e. The van der Waals surface area contributed by atoms with Gasteiger partial charge in [-0.25, -0.2) is 14.8 Å². The third kappa shape index (κ3) is 4.51. The molecule has 0 spiro atoms. The summed E-state index contributed by atoms with van der Waals surface area (Å²) in [5.74, 6) is -0.275. The number of para-hydroxylation sites is 1. The minimum atomic E-state index is -0.275. The average molecular weight is 370 g/mol. The largest absolute Gasteiger partial charge is 0.460 e. The van der Waals surface area contributed by atoms with Gasteiger partial charge in [-0.3, -0.25) is 0 Å². The summed E-state index contributed by atoms with van der Waals surface area (Å²) >= 11 is 0. The van der Waals surface area contributed by atoms with Crippen molar-refractivity contribution in [3.05, 3.63) is 36.0 Å². The van der Waals surface area contributed by atoms with Crippen LogP contribution in [-0.2, 0) is 4.74 Å². The summed E-state index contributed by atoms with van der Waals surface area (Å²) < 4.78 is 5.60.